The van der Waals surface area contributed by atoms with Gasteiger partial charge >= 0.3 is 8.56 Å². The van der Waals surface area contributed by atoms with Crippen molar-refractivity contribution in [2.24, 2.45) is 0 Å². The van der Waals surface area contributed by atoms with Crippen molar-refractivity contribution in [3.63, 3.8) is 0 Å². The quantitative estimate of drug-likeness (QED) is 0.684. The van der Waals surface area contributed by atoms with E-state index in [9.17, 15) is 4.79 Å². The molecule has 0 N–H and O–H groups in total. The number of amides is 1. The van der Waals surface area contributed by atoms with Crippen LogP contribution in [0.25, 0.3) is 0 Å². The van der Waals surface area contributed by atoms with Crippen molar-refractivity contribution in [2.75, 3.05) is 20.8 Å². The number of hydrogen-bond donors (Lipinski definition) is 0. The summed E-state index contributed by atoms with van der Waals surface area (Å²) < 4.78 is 10.9. The monoisotopic (exact) mass is 231 g/mol. The first-order valence-corrected chi connectivity index (χ1v) is 7.84. The predicted molar refractivity (Wildman–Crippen MR) is 60.7 cm³/mol. The second-order valence-electron chi connectivity index (χ2n) is 4.14. The lowest BCUT2D eigenvalue weighted by atomic mass is 10.1. The van der Waals surface area contributed by atoms with E-state index in [1.807, 2.05) is 18.4 Å². The van der Waals surface area contributed by atoms with Crippen LogP contribution in [-0.4, -0.2) is 45.8 Å². The highest BCUT2D eigenvalue weighted by molar-refractivity contribution is 6.67. The molecule has 1 saturated heterocycles. The van der Waals surface area contributed by atoms with Gasteiger partial charge < -0.3 is 13.8 Å². The lowest BCUT2D eigenvalue weighted by Gasteiger charge is -2.39. The zero-order valence-corrected chi connectivity index (χ0v) is 11.1. The molecule has 0 bridgehead atoms. The first-order chi connectivity index (χ1) is 7.05. The van der Waals surface area contributed by atoms with Gasteiger partial charge in [-0.3, -0.25) is 4.79 Å². The summed E-state index contributed by atoms with van der Waals surface area (Å²) >= 11 is 0. The third kappa shape index (κ3) is 2.59. The van der Waals surface area contributed by atoms with Gasteiger partial charge in [0.05, 0.1) is 5.67 Å². The minimum absolute atomic E-state index is 0.0836. The zero-order chi connectivity index (χ0) is 11.5. The topological polar surface area (TPSA) is 38.8 Å². The average molecular weight is 231 g/mol. The number of piperidine rings is 1. The van der Waals surface area contributed by atoms with E-state index < -0.39 is 8.56 Å². The van der Waals surface area contributed by atoms with Crippen molar-refractivity contribution >= 4 is 14.5 Å². The highest BCUT2D eigenvalue weighted by Gasteiger charge is 2.42. The lowest BCUT2D eigenvalue weighted by molar-refractivity contribution is -0.134. The Labute approximate surface area is 92.8 Å². The van der Waals surface area contributed by atoms with Gasteiger partial charge in [-0.1, -0.05) is 0 Å². The molecule has 1 aliphatic heterocycles. The molecule has 1 heterocycles. The number of rotatable bonds is 4. The van der Waals surface area contributed by atoms with Gasteiger partial charge in [-0.2, -0.15) is 0 Å². The normalized spacial score (nSPS) is 20.5. The molecule has 1 unspecified atom stereocenters. The van der Waals surface area contributed by atoms with Crippen molar-refractivity contribution in [1.82, 2.24) is 4.90 Å². The van der Waals surface area contributed by atoms with Crippen LogP contribution in [0, 0.1) is 0 Å². The first kappa shape index (κ1) is 12.7. The molecule has 5 heteroatoms. The molecule has 88 valence electrons. The van der Waals surface area contributed by atoms with E-state index in [-0.39, 0.29) is 11.6 Å². The van der Waals surface area contributed by atoms with Crippen molar-refractivity contribution in [1.29, 1.82) is 0 Å². The second kappa shape index (κ2) is 5.09. The summed E-state index contributed by atoms with van der Waals surface area (Å²) in [6.07, 6.45) is 2.77. The molecular formula is C10H21NO3Si. The molecule has 4 nitrogen and oxygen atoms in total. The summed E-state index contributed by atoms with van der Waals surface area (Å²) in [5.74, 6) is 0.238. The Kier molecular flexibility index (Phi) is 4.30. The van der Waals surface area contributed by atoms with Gasteiger partial charge in [0.25, 0.3) is 0 Å². The van der Waals surface area contributed by atoms with Crippen LogP contribution in [0.1, 0.15) is 26.2 Å². The highest BCUT2D eigenvalue weighted by Crippen LogP contribution is 2.21. The summed E-state index contributed by atoms with van der Waals surface area (Å²) in [7, 11) is 1.11. The van der Waals surface area contributed by atoms with Gasteiger partial charge in [0.2, 0.25) is 5.91 Å². The van der Waals surface area contributed by atoms with Crippen LogP contribution in [0.5, 0.6) is 0 Å². The SMILES string of the molecule is CO[Si](C)(OC)C(C)N1CCCCC1=O. The van der Waals surface area contributed by atoms with Crippen LogP contribution in [0.15, 0.2) is 0 Å². The summed E-state index contributed by atoms with van der Waals surface area (Å²) in [6.45, 7) is 4.87. The molecule has 0 aromatic carbocycles. The lowest BCUT2D eigenvalue weighted by Crippen LogP contribution is -2.59. The first-order valence-electron chi connectivity index (χ1n) is 5.45. The molecule has 0 saturated carbocycles. The third-order valence-electron chi connectivity index (χ3n) is 3.40. The van der Waals surface area contributed by atoms with Gasteiger partial charge in [0.15, 0.2) is 0 Å². The van der Waals surface area contributed by atoms with E-state index in [0.717, 1.165) is 19.4 Å². The number of nitrogens with zero attached hydrogens (tertiary/aromatic N) is 1. The molecule has 1 aliphatic rings. The van der Waals surface area contributed by atoms with Crippen molar-refractivity contribution in [2.45, 2.75) is 38.4 Å². The van der Waals surface area contributed by atoms with Gasteiger partial charge in [0, 0.05) is 27.2 Å². The highest BCUT2D eigenvalue weighted by atomic mass is 28.4. The van der Waals surface area contributed by atoms with Gasteiger partial charge in [-0.25, -0.2) is 0 Å². The fourth-order valence-corrected chi connectivity index (χ4v) is 3.63. The van der Waals surface area contributed by atoms with Crippen LogP contribution in [-0.2, 0) is 13.6 Å². The van der Waals surface area contributed by atoms with E-state index in [0.29, 0.717) is 6.42 Å². The predicted octanol–water partition coefficient (Wildman–Crippen LogP) is 1.29. The Morgan fingerprint density at radius 3 is 2.40 bits per heavy atom. The summed E-state index contributed by atoms with van der Waals surface area (Å²) in [5, 5.41) is 0. The number of carbonyl (C=O) groups excluding carboxylic acids is 1. The smallest absolute Gasteiger partial charge is 0.357 e. The number of hydrogen-bond acceptors (Lipinski definition) is 3. The van der Waals surface area contributed by atoms with Crippen LogP contribution >= 0.6 is 0 Å². The second-order valence-corrected chi connectivity index (χ2v) is 7.83. The van der Waals surface area contributed by atoms with E-state index in [2.05, 4.69) is 0 Å². The molecule has 0 aliphatic carbocycles. The van der Waals surface area contributed by atoms with Gasteiger partial charge in [-0.15, -0.1) is 0 Å². The van der Waals surface area contributed by atoms with Crippen molar-refractivity contribution in [3.05, 3.63) is 0 Å². The third-order valence-corrected chi connectivity index (χ3v) is 6.85. The minimum atomic E-state index is -2.22. The number of likely N-dealkylation sites (tertiary alicyclic amines) is 1. The fourth-order valence-electron chi connectivity index (χ4n) is 1.94. The molecule has 1 atom stereocenters. The fraction of sp³-hybridized carbons (Fsp3) is 0.900. The van der Waals surface area contributed by atoms with E-state index in [1.165, 1.54) is 0 Å². The Balaban J connectivity index is 2.72. The molecule has 1 fully saturated rings. The minimum Gasteiger partial charge on any atom is -0.397 e. The van der Waals surface area contributed by atoms with E-state index >= 15 is 0 Å². The van der Waals surface area contributed by atoms with Crippen LogP contribution < -0.4 is 0 Å². The maximum atomic E-state index is 11.8. The molecule has 1 amide bonds. The van der Waals surface area contributed by atoms with Crippen LogP contribution in [0.2, 0.25) is 6.55 Å². The molecule has 1 rings (SSSR count). The molecule has 0 radical (unpaired) electrons. The van der Waals surface area contributed by atoms with Crippen molar-refractivity contribution in [3.8, 4) is 0 Å². The van der Waals surface area contributed by atoms with Crippen molar-refractivity contribution < 1.29 is 13.6 Å². The van der Waals surface area contributed by atoms with Crippen LogP contribution in [0.3, 0.4) is 0 Å². The number of carbonyl (C=O) groups is 1. The maximum Gasteiger partial charge on any atom is 0.357 e. The molecule has 0 aromatic rings. The average Bonchev–Trinajstić information content (AvgIpc) is 2.28. The Morgan fingerprint density at radius 1 is 1.33 bits per heavy atom. The Bertz CT molecular complexity index is 231. The molecule has 0 aromatic heterocycles. The van der Waals surface area contributed by atoms with Gasteiger partial charge in [0.1, 0.15) is 0 Å². The summed E-state index contributed by atoms with van der Waals surface area (Å²) in [4.78, 5) is 13.7. The Morgan fingerprint density at radius 2 is 1.93 bits per heavy atom. The zero-order valence-electron chi connectivity index (χ0n) is 10.1. The van der Waals surface area contributed by atoms with E-state index in [4.69, 9.17) is 8.85 Å². The molecule has 0 spiro atoms. The molecule has 15 heavy (non-hydrogen) atoms. The van der Waals surface area contributed by atoms with Gasteiger partial charge in [-0.05, 0) is 26.3 Å². The Hall–Kier alpha value is -0.393. The standard InChI is InChI=1S/C10H21NO3Si/c1-9(15(4,13-2)14-3)11-8-6-5-7-10(11)12/h9H,5-8H2,1-4H3. The largest absolute Gasteiger partial charge is 0.397 e. The molecular weight excluding hydrogens is 210 g/mol. The maximum absolute atomic E-state index is 11.8. The summed E-state index contributed by atoms with van der Waals surface area (Å²) in [6, 6.07) is 0. The summed E-state index contributed by atoms with van der Waals surface area (Å²) in [5.41, 5.74) is 0.0836. The van der Waals surface area contributed by atoms with E-state index in [1.54, 1.807) is 14.2 Å². The van der Waals surface area contributed by atoms with Crippen LogP contribution in [0.4, 0.5) is 0 Å².